The third kappa shape index (κ3) is 2.51. The van der Waals surface area contributed by atoms with Crippen molar-refractivity contribution >= 4 is 34.5 Å². The SMILES string of the molecule is CCc1ccc2c(c1)c(/C=C/C(=O)O)c(Cl)n2CC. The fourth-order valence-electron chi connectivity index (χ4n) is 2.24. The number of fused-ring (bicyclic) bond motifs is 1. The Labute approximate surface area is 117 Å². The molecular formula is C15H16ClNO2. The Morgan fingerprint density at radius 2 is 2.16 bits per heavy atom. The van der Waals surface area contributed by atoms with E-state index in [9.17, 15) is 4.79 Å². The summed E-state index contributed by atoms with van der Waals surface area (Å²) in [5.74, 6) is -0.972. The normalized spacial score (nSPS) is 11.5. The summed E-state index contributed by atoms with van der Waals surface area (Å²) in [7, 11) is 0. The van der Waals surface area contributed by atoms with E-state index in [1.165, 1.54) is 5.56 Å². The van der Waals surface area contributed by atoms with Crippen LogP contribution in [0.4, 0.5) is 0 Å². The van der Waals surface area contributed by atoms with Crippen LogP contribution in [0, 0.1) is 0 Å². The molecule has 100 valence electrons. The van der Waals surface area contributed by atoms with Crippen molar-refractivity contribution in [3.8, 4) is 0 Å². The van der Waals surface area contributed by atoms with Gasteiger partial charge < -0.3 is 9.67 Å². The maximum atomic E-state index is 10.7. The average molecular weight is 278 g/mol. The highest BCUT2D eigenvalue weighted by Gasteiger charge is 2.13. The van der Waals surface area contributed by atoms with Gasteiger partial charge in [-0.2, -0.15) is 0 Å². The zero-order chi connectivity index (χ0) is 14.0. The smallest absolute Gasteiger partial charge is 0.328 e. The van der Waals surface area contributed by atoms with Crippen LogP contribution in [-0.4, -0.2) is 15.6 Å². The lowest BCUT2D eigenvalue weighted by molar-refractivity contribution is -0.131. The van der Waals surface area contributed by atoms with Gasteiger partial charge in [-0.05, 0) is 37.1 Å². The molecule has 2 aromatic rings. The Balaban J connectivity index is 2.72. The van der Waals surface area contributed by atoms with Gasteiger partial charge in [0.25, 0.3) is 0 Å². The molecule has 4 heteroatoms. The molecule has 0 spiro atoms. The zero-order valence-electron chi connectivity index (χ0n) is 11.0. The van der Waals surface area contributed by atoms with Crippen LogP contribution in [-0.2, 0) is 17.8 Å². The summed E-state index contributed by atoms with van der Waals surface area (Å²) in [6.07, 6.45) is 3.63. The van der Waals surface area contributed by atoms with Crippen molar-refractivity contribution in [1.29, 1.82) is 0 Å². The molecule has 0 unspecified atom stereocenters. The Hall–Kier alpha value is -1.74. The van der Waals surface area contributed by atoms with Crippen molar-refractivity contribution in [2.75, 3.05) is 0 Å². The molecule has 0 atom stereocenters. The number of halogens is 1. The second-order valence-electron chi connectivity index (χ2n) is 4.33. The van der Waals surface area contributed by atoms with Crippen molar-refractivity contribution in [2.45, 2.75) is 26.8 Å². The number of rotatable bonds is 4. The summed E-state index contributed by atoms with van der Waals surface area (Å²) < 4.78 is 1.98. The number of carbonyl (C=O) groups is 1. The first kappa shape index (κ1) is 13.7. The third-order valence-corrected chi connectivity index (χ3v) is 3.63. The Morgan fingerprint density at radius 1 is 1.42 bits per heavy atom. The fourth-order valence-corrected chi connectivity index (χ4v) is 2.61. The summed E-state index contributed by atoms with van der Waals surface area (Å²) in [6.45, 7) is 4.86. The van der Waals surface area contributed by atoms with Crippen LogP contribution in [0.15, 0.2) is 24.3 Å². The molecule has 3 nitrogen and oxygen atoms in total. The highest BCUT2D eigenvalue weighted by Crippen LogP contribution is 2.32. The molecule has 0 fully saturated rings. The molecule has 1 aromatic heterocycles. The predicted molar refractivity (Wildman–Crippen MR) is 78.7 cm³/mol. The van der Waals surface area contributed by atoms with Crippen LogP contribution in [0.25, 0.3) is 17.0 Å². The molecule has 0 amide bonds. The Kier molecular flexibility index (Phi) is 3.96. The monoisotopic (exact) mass is 277 g/mol. The van der Waals surface area contributed by atoms with Crippen molar-refractivity contribution in [1.82, 2.24) is 4.57 Å². The van der Waals surface area contributed by atoms with Gasteiger partial charge in [0, 0.05) is 29.1 Å². The highest BCUT2D eigenvalue weighted by molar-refractivity contribution is 6.33. The van der Waals surface area contributed by atoms with Gasteiger partial charge in [0.15, 0.2) is 0 Å². The predicted octanol–water partition coefficient (Wildman–Crippen LogP) is 3.97. The number of carboxylic acids is 1. The van der Waals surface area contributed by atoms with Gasteiger partial charge in [-0.1, -0.05) is 24.6 Å². The first-order valence-corrected chi connectivity index (χ1v) is 6.67. The van der Waals surface area contributed by atoms with Crippen molar-refractivity contribution < 1.29 is 9.90 Å². The lowest BCUT2D eigenvalue weighted by atomic mass is 10.1. The largest absolute Gasteiger partial charge is 0.478 e. The van der Waals surface area contributed by atoms with E-state index in [1.54, 1.807) is 6.08 Å². The van der Waals surface area contributed by atoms with Crippen molar-refractivity contribution in [2.24, 2.45) is 0 Å². The van der Waals surface area contributed by atoms with E-state index in [-0.39, 0.29) is 0 Å². The van der Waals surface area contributed by atoms with Gasteiger partial charge in [0.2, 0.25) is 0 Å². The maximum absolute atomic E-state index is 10.7. The molecule has 0 aliphatic heterocycles. The van der Waals surface area contributed by atoms with Gasteiger partial charge in [-0.15, -0.1) is 0 Å². The van der Waals surface area contributed by atoms with Crippen LogP contribution < -0.4 is 0 Å². The highest BCUT2D eigenvalue weighted by atomic mass is 35.5. The molecule has 2 rings (SSSR count). The molecule has 19 heavy (non-hydrogen) atoms. The summed E-state index contributed by atoms with van der Waals surface area (Å²) in [5.41, 5.74) is 3.02. The van der Waals surface area contributed by atoms with E-state index in [1.807, 2.05) is 17.6 Å². The molecule has 0 radical (unpaired) electrons. The molecule has 0 saturated carbocycles. The number of aryl methyl sites for hydroxylation is 2. The van der Waals surface area contributed by atoms with Crippen molar-refractivity contribution in [3.05, 3.63) is 40.6 Å². The topological polar surface area (TPSA) is 42.2 Å². The van der Waals surface area contributed by atoms with Gasteiger partial charge >= 0.3 is 5.97 Å². The van der Waals surface area contributed by atoms with E-state index < -0.39 is 5.97 Å². The molecule has 0 aliphatic rings. The van der Waals surface area contributed by atoms with E-state index in [4.69, 9.17) is 16.7 Å². The van der Waals surface area contributed by atoms with E-state index in [0.717, 1.165) is 35.5 Å². The van der Waals surface area contributed by atoms with Gasteiger partial charge in [-0.25, -0.2) is 4.79 Å². The Morgan fingerprint density at radius 3 is 2.74 bits per heavy atom. The second kappa shape index (κ2) is 5.49. The first-order chi connectivity index (χ1) is 9.08. The number of aliphatic carboxylic acids is 1. The molecule has 1 heterocycles. The summed E-state index contributed by atoms with van der Waals surface area (Å²) in [5, 5.41) is 10.4. The summed E-state index contributed by atoms with van der Waals surface area (Å²) >= 11 is 6.35. The molecule has 1 N–H and O–H groups in total. The zero-order valence-corrected chi connectivity index (χ0v) is 11.7. The molecule has 0 bridgehead atoms. The van der Waals surface area contributed by atoms with E-state index >= 15 is 0 Å². The van der Waals surface area contributed by atoms with Gasteiger partial charge in [-0.3, -0.25) is 0 Å². The molecule has 0 aliphatic carbocycles. The van der Waals surface area contributed by atoms with E-state index in [2.05, 4.69) is 19.1 Å². The number of aromatic nitrogens is 1. The summed E-state index contributed by atoms with van der Waals surface area (Å²) in [4.78, 5) is 10.7. The number of hydrogen-bond donors (Lipinski definition) is 1. The van der Waals surface area contributed by atoms with Crippen molar-refractivity contribution in [3.63, 3.8) is 0 Å². The number of benzene rings is 1. The number of carboxylic acid groups (broad SMARTS) is 1. The average Bonchev–Trinajstić information content (AvgIpc) is 2.66. The number of nitrogens with zero attached hydrogens (tertiary/aromatic N) is 1. The van der Waals surface area contributed by atoms with Gasteiger partial charge in [0.1, 0.15) is 5.15 Å². The second-order valence-corrected chi connectivity index (χ2v) is 4.68. The van der Waals surface area contributed by atoms with Crippen LogP contribution in [0.1, 0.15) is 25.0 Å². The maximum Gasteiger partial charge on any atom is 0.328 e. The molecular weight excluding hydrogens is 262 g/mol. The minimum Gasteiger partial charge on any atom is -0.478 e. The quantitative estimate of drug-likeness (QED) is 0.859. The van der Waals surface area contributed by atoms with Crippen LogP contribution in [0.3, 0.4) is 0 Å². The Bertz CT molecular complexity index is 656. The lowest BCUT2D eigenvalue weighted by Crippen LogP contribution is -1.93. The van der Waals surface area contributed by atoms with Gasteiger partial charge in [0.05, 0.1) is 0 Å². The van der Waals surface area contributed by atoms with Crippen LogP contribution in [0.2, 0.25) is 5.15 Å². The van der Waals surface area contributed by atoms with Crippen LogP contribution >= 0.6 is 11.6 Å². The lowest BCUT2D eigenvalue weighted by Gasteiger charge is -2.02. The molecule has 0 saturated heterocycles. The molecule has 1 aromatic carbocycles. The fraction of sp³-hybridized carbons (Fsp3) is 0.267. The van der Waals surface area contributed by atoms with E-state index in [0.29, 0.717) is 5.15 Å². The minimum absolute atomic E-state index is 0.586. The number of hydrogen-bond acceptors (Lipinski definition) is 1. The summed E-state index contributed by atoms with van der Waals surface area (Å²) in [6, 6.07) is 6.20. The first-order valence-electron chi connectivity index (χ1n) is 6.30. The third-order valence-electron chi connectivity index (χ3n) is 3.22. The van der Waals surface area contributed by atoms with Crippen LogP contribution in [0.5, 0.6) is 0 Å². The standard InChI is InChI=1S/C15H16ClNO2/c1-3-10-5-7-13-12(9-10)11(6-8-14(18)19)15(16)17(13)4-2/h5-9H,3-4H2,1-2H3,(H,18,19)/b8-6+. The minimum atomic E-state index is -0.972.